The van der Waals surface area contributed by atoms with Crippen molar-refractivity contribution < 1.29 is 9.53 Å². The molecule has 1 N–H and O–H groups in total. The lowest BCUT2D eigenvalue weighted by Crippen LogP contribution is -2.46. The van der Waals surface area contributed by atoms with E-state index in [1.807, 2.05) is 47.1 Å². The van der Waals surface area contributed by atoms with Gasteiger partial charge in [-0.25, -0.2) is 4.68 Å². The molecule has 7 heteroatoms. The number of anilines is 1. The lowest BCUT2D eigenvalue weighted by Gasteiger charge is -2.37. The number of nitrogens with zero attached hydrogens (tertiary/aromatic N) is 4. The first kappa shape index (κ1) is 23.4. The van der Waals surface area contributed by atoms with E-state index >= 15 is 0 Å². The lowest BCUT2D eigenvalue weighted by atomic mass is 9.91. The van der Waals surface area contributed by atoms with Crippen LogP contribution in [-0.2, 0) is 11.8 Å². The third-order valence-corrected chi connectivity index (χ3v) is 6.89. The summed E-state index contributed by atoms with van der Waals surface area (Å²) < 4.78 is 7.98. The van der Waals surface area contributed by atoms with Gasteiger partial charge in [0.2, 0.25) is 0 Å². The largest absolute Gasteiger partial charge is 0.491 e. The smallest absolute Gasteiger partial charge is 0.272 e. The zero-order valence-electron chi connectivity index (χ0n) is 21.1. The number of ether oxygens (including phenoxy) is 1. The highest BCUT2D eigenvalue weighted by Gasteiger charge is 2.29. The number of fused-ring (bicyclic) bond motifs is 1. The fourth-order valence-electron chi connectivity index (χ4n) is 4.88. The van der Waals surface area contributed by atoms with Gasteiger partial charge in [-0.1, -0.05) is 45.0 Å². The Morgan fingerprint density at radius 2 is 1.77 bits per heavy atom. The summed E-state index contributed by atoms with van der Waals surface area (Å²) >= 11 is 0. The zero-order valence-corrected chi connectivity index (χ0v) is 21.1. The van der Waals surface area contributed by atoms with E-state index in [4.69, 9.17) is 9.84 Å². The quantitative estimate of drug-likeness (QED) is 0.627. The van der Waals surface area contributed by atoms with E-state index in [2.05, 4.69) is 55.1 Å². The Balaban J connectivity index is 1.36. The van der Waals surface area contributed by atoms with E-state index in [-0.39, 0.29) is 17.4 Å². The van der Waals surface area contributed by atoms with Crippen molar-refractivity contribution in [2.75, 3.05) is 44.7 Å². The summed E-state index contributed by atoms with van der Waals surface area (Å²) in [7, 11) is 2.16. The molecule has 7 nitrogen and oxygen atoms in total. The molecule has 1 atom stereocenters. The van der Waals surface area contributed by atoms with E-state index in [1.54, 1.807) is 0 Å². The van der Waals surface area contributed by atoms with Gasteiger partial charge in [-0.2, -0.15) is 5.10 Å². The molecule has 35 heavy (non-hydrogen) atoms. The van der Waals surface area contributed by atoms with Gasteiger partial charge in [0, 0.05) is 49.3 Å². The van der Waals surface area contributed by atoms with Crippen molar-refractivity contribution in [1.82, 2.24) is 20.0 Å². The van der Waals surface area contributed by atoms with Crippen LogP contribution in [0.2, 0.25) is 0 Å². The Kier molecular flexibility index (Phi) is 6.28. The number of hydrogen-bond acceptors (Lipinski definition) is 5. The van der Waals surface area contributed by atoms with Gasteiger partial charge in [-0.15, -0.1) is 0 Å². The molecule has 5 rings (SSSR count). The number of carbonyl (C=O) groups is 1. The molecule has 1 amide bonds. The maximum atomic E-state index is 13.3. The van der Waals surface area contributed by atoms with E-state index in [0.717, 1.165) is 49.7 Å². The first-order valence-electron chi connectivity index (χ1n) is 12.4. The Morgan fingerprint density at radius 1 is 1.03 bits per heavy atom. The summed E-state index contributed by atoms with van der Waals surface area (Å²) in [4.78, 5) is 18.1. The van der Waals surface area contributed by atoms with Crippen LogP contribution in [0.4, 0.5) is 5.69 Å². The summed E-state index contributed by atoms with van der Waals surface area (Å²) in [5.74, 6) is 0.759. The molecule has 0 bridgehead atoms. The second kappa shape index (κ2) is 9.38. The monoisotopic (exact) mass is 473 g/mol. The topological polar surface area (TPSA) is 62.6 Å². The van der Waals surface area contributed by atoms with Gasteiger partial charge in [-0.3, -0.25) is 4.79 Å². The van der Waals surface area contributed by atoms with Crippen LogP contribution >= 0.6 is 0 Å². The molecule has 2 aliphatic heterocycles. The standard InChI is InChI=1S/C28H35N5O2/c1-28(2,3)26-18-23(30-33(26)21-9-6-5-7-10-21)27(34)29-20-17-22-24(11-8-12-25(22)35-19-20)32-15-13-31(4)14-16-32/h5-12,18,20H,13-17,19H2,1-4H3,(H,29,34)/t20-/m0/s1. The average molecular weight is 474 g/mol. The van der Waals surface area contributed by atoms with Gasteiger partial charge < -0.3 is 19.9 Å². The Hall–Kier alpha value is -3.32. The number of hydrogen-bond donors (Lipinski definition) is 1. The first-order valence-corrected chi connectivity index (χ1v) is 12.4. The molecule has 184 valence electrons. The number of aromatic nitrogens is 2. The Labute approximate surface area is 207 Å². The van der Waals surface area contributed by atoms with Crippen molar-refractivity contribution in [2.45, 2.75) is 38.6 Å². The lowest BCUT2D eigenvalue weighted by molar-refractivity contribution is 0.0910. The molecule has 1 saturated heterocycles. The third kappa shape index (κ3) is 4.91. The molecule has 2 aromatic carbocycles. The third-order valence-electron chi connectivity index (χ3n) is 6.89. The van der Waals surface area contributed by atoms with E-state index in [1.165, 1.54) is 11.3 Å². The molecule has 0 unspecified atom stereocenters. The van der Waals surface area contributed by atoms with Crippen molar-refractivity contribution in [3.63, 3.8) is 0 Å². The molecule has 0 saturated carbocycles. The van der Waals surface area contributed by atoms with Gasteiger partial charge in [0.25, 0.3) is 5.91 Å². The number of para-hydroxylation sites is 1. The molecule has 3 aromatic rings. The van der Waals surface area contributed by atoms with Crippen LogP contribution in [0.15, 0.2) is 54.6 Å². The second-order valence-corrected chi connectivity index (χ2v) is 10.6. The van der Waals surface area contributed by atoms with Crippen molar-refractivity contribution in [2.24, 2.45) is 0 Å². The van der Waals surface area contributed by atoms with Crippen LogP contribution in [0.25, 0.3) is 5.69 Å². The summed E-state index contributed by atoms with van der Waals surface area (Å²) in [5, 5.41) is 7.90. The van der Waals surface area contributed by atoms with Crippen LogP contribution in [0, 0.1) is 0 Å². The minimum absolute atomic E-state index is 0.108. The van der Waals surface area contributed by atoms with Gasteiger partial charge >= 0.3 is 0 Å². The minimum atomic E-state index is -0.167. The molecule has 0 aliphatic carbocycles. The second-order valence-electron chi connectivity index (χ2n) is 10.6. The van der Waals surface area contributed by atoms with Gasteiger partial charge in [0.15, 0.2) is 5.69 Å². The van der Waals surface area contributed by atoms with E-state index < -0.39 is 0 Å². The van der Waals surface area contributed by atoms with Crippen LogP contribution < -0.4 is 15.0 Å². The van der Waals surface area contributed by atoms with Gasteiger partial charge in [-0.05, 0) is 37.4 Å². The highest BCUT2D eigenvalue weighted by Crippen LogP contribution is 2.34. The van der Waals surface area contributed by atoms with Crippen LogP contribution in [0.3, 0.4) is 0 Å². The number of nitrogens with one attached hydrogen (secondary N) is 1. The fourth-order valence-corrected chi connectivity index (χ4v) is 4.88. The summed E-state index contributed by atoms with van der Waals surface area (Å²) in [6.07, 6.45) is 0.745. The zero-order chi connectivity index (χ0) is 24.6. The summed E-state index contributed by atoms with van der Waals surface area (Å²) in [5.41, 5.74) is 4.61. The van der Waals surface area contributed by atoms with Crippen LogP contribution in [0.5, 0.6) is 5.75 Å². The van der Waals surface area contributed by atoms with Crippen molar-refractivity contribution in [3.8, 4) is 11.4 Å². The fraction of sp³-hybridized carbons (Fsp3) is 0.429. The Bertz CT molecular complexity index is 1190. The maximum Gasteiger partial charge on any atom is 0.272 e. The van der Waals surface area contributed by atoms with Gasteiger partial charge in [0.1, 0.15) is 12.4 Å². The number of piperazine rings is 1. The molecule has 0 radical (unpaired) electrons. The normalized spacial score (nSPS) is 18.6. The number of amides is 1. The highest BCUT2D eigenvalue weighted by molar-refractivity contribution is 5.92. The van der Waals surface area contributed by atoms with E-state index in [9.17, 15) is 4.79 Å². The molecule has 1 fully saturated rings. The molecule has 1 aromatic heterocycles. The average Bonchev–Trinajstić information content (AvgIpc) is 3.31. The molecule has 2 aliphatic rings. The Morgan fingerprint density at radius 3 is 2.49 bits per heavy atom. The van der Waals surface area contributed by atoms with Crippen molar-refractivity contribution in [3.05, 3.63) is 71.5 Å². The summed E-state index contributed by atoms with van der Waals surface area (Å²) in [6.45, 7) is 10.9. The molecular formula is C28H35N5O2. The maximum absolute atomic E-state index is 13.3. The SMILES string of the molecule is CN1CCN(c2cccc3c2C[C@H](NC(=O)c2cc(C(C)(C)C)n(-c4ccccc4)n2)CO3)CC1. The first-order chi connectivity index (χ1) is 16.8. The predicted octanol–water partition coefficient (Wildman–Crippen LogP) is 3.66. The van der Waals surface area contributed by atoms with Gasteiger partial charge in [0.05, 0.1) is 17.4 Å². The van der Waals surface area contributed by atoms with Crippen molar-refractivity contribution in [1.29, 1.82) is 0 Å². The number of rotatable bonds is 4. The highest BCUT2D eigenvalue weighted by atomic mass is 16.5. The predicted molar refractivity (Wildman–Crippen MR) is 139 cm³/mol. The minimum Gasteiger partial charge on any atom is -0.491 e. The van der Waals surface area contributed by atoms with E-state index in [0.29, 0.717) is 12.3 Å². The van der Waals surface area contributed by atoms with Crippen LogP contribution in [-0.4, -0.2) is 66.5 Å². The number of carbonyl (C=O) groups excluding carboxylic acids is 1. The van der Waals surface area contributed by atoms with Crippen molar-refractivity contribution >= 4 is 11.6 Å². The molecule has 0 spiro atoms. The molecular weight excluding hydrogens is 438 g/mol. The number of likely N-dealkylation sites (N-methyl/N-ethyl adjacent to an activating group) is 1. The molecule has 3 heterocycles. The van der Waals surface area contributed by atoms with Crippen LogP contribution in [0.1, 0.15) is 42.5 Å². The number of benzene rings is 2. The summed E-state index contributed by atoms with van der Waals surface area (Å²) in [6, 6.07) is 18.0.